The molecular weight excluding hydrogens is 377 g/mol. The van der Waals surface area contributed by atoms with Gasteiger partial charge in [0.1, 0.15) is 16.2 Å². The topological polar surface area (TPSA) is 64.8 Å². The second-order valence-electron chi connectivity index (χ2n) is 4.33. The van der Waals surface area contributed by atoms with Crippen molar-refractivity contribution in [1.82, 2.24) is 14.8 Å². The van der Waals surface area contributed by atoms with E-state index in [1.807, 2.05) is 24.3 Å². The van der Waals surface area contributed by atoms with Gasteiger partial charge in [-0.2, -0.15) is 5.10 Å². The summed E-state index contributed by atoms with van der Waals surface area (Å²) < 4.78 is 24.9. The van der Waals surface area contributed by atoms with Crippen molar-refractivity contribution < 1.29 is 8.42 Å². The Hall–Kier alpha value is -0.960. The summed E-state index contributed by atoms with van der Waals surface area (Å²) in [6, 6.07) is 7.93. The fourth-order valence-corrected chi connectivity index (χ4v) is 2.85. The molecule has 0 amide bonds. The van der Waals surface area contributed by atoms with E-state index >= 15 is 0 Å². The fourth-order valence-electron chi connectivity index (χ4n) is 1.65. The summed E-state index contributed by atoms with van der Waals surface area (Å²) in [6.45, 7) is 0.560. The summed E-state index contributed by atoms with van der Waals surface area (Å²) in [6.07, 6.45) is 3.43. The molecule has 7 heteroatoms. The maximum absolute atomic E-state index is 11.0. The second-order valence-corrected chi connectivity index (χ2v) is 7.83. The van der Waals surface area contributed by atoms with E-state index in [9.17, 15) is 8.42 Å². The average molecular weight is 391 g/mol. The molecule has 0 saturated carbocycles. The third-order valence-corrected chi connectivity index (χ3v) is 4.22. The first kappa shape index (κ1) is 14.4. The Bertz CT molecular complexity index is 667. The summed E-state index contributed by atoms with van der Waals surface area (Å²) in [5, 5.41) is 4.35. The minimum absolute atomic E-state index is 0.172. The summed E-state index contributed by atoms with van der Waals surface area (Å²) in [7, 11) is -2.91. The quantitative estimate of drug-likeness (QED) is 0.732. The molecule has 1 heterocycles. The highest BCUT2D eigenvalue weighted by atomic mass is 127. The molecule has 0 aliphatic heterocycles. The molecule has 0 radical (unpaired) electrons. The van der Waals surface area contributed by atoms with Crippen molar-refractivity contribution in [2.75, 3.05) is 12.0 Å². The number of hydrogen-bond acceptors (Lipinski definition) is 4. The van der Waals surface area contributed by atoms with Gasteiger partial charge in [0.15, 0.2) is 5.82 Å². The Morgan fingerprint density at radius 1 is 1.37 bits per heavy atom. The number of benzene rings is 1. The van der Waals surface area contributed by atoms with Crippen LogP contribution in [-0.2, 0) is 16.4 Å². The van der Waals surface area contributed by atoms with Crippen molar-refractivity contribution in [3.63, 3.8) is 0 Å². The molecule has 0 unspecified atom stereocenters. The van der Waals surface area contributed by atoms with E-state index in [2.05, 4.69) is 32.7 Å². The monoisotopic (exact) mass is 391 g/mol. The molecule has 0 atom stereocenters. The maximum atomic E-state index is 11.0. The molecule has 0 fully saturated rings. The number of aryl methyl sites for hydroxylation is 1. The van der Waals surface area contributed by atoms with Crippen LogP contribution in [0.25, 0.3) is 11.4 Å². The Morgan fingerprint density at radius 3 is 2.84 bits per heavy atom. The van der Waals surface area contributed by atoms with Crippen LogP contribution in [0.5, 0.6) is 0 Å². The van der Waals surface area contributed by atoms with Crippen molar-refractivity contribution in [1.29, 1.82) is 0 Å². The van der Waals surface area contributed by atoms with Crippen molar-refractivity contribution in [2.45, 2.75) is 13.0 Å². The lowest BCUT2D eigenvalue weighted by Crippen LogP contribution is -2.07. The summed E-state index contributed by atoms with van der Waals surface area (Å²) in [5.74, 6) is 0.837. The fraction of sp³-hybridized carbons (Fsp3) is 0.333. The van der Waals surface area contributed by atoms with E-state index < -0.39 is 9.84 Å². The van der Waals surface area contributed by atoms with Crippen LogP contribution in [0.2, 0.25) is 0 Å². The molecule has 1 aromatic heterocycles. The number of nitrogens with zero attached hydrogens (tertiary/aromatic N) is 3. The summed E-state index contributed by atoms with van der Waals surface area (Å²) >= 11 is 2.24. The lowest BCUT2D eigenvalue weighted by molar-refractivity contribution is 0.576. The lowest BCUT2D eigenvalue weighted by Gasteiger charge is -1.99. The highest BCUT2D eigenvalue weighted by molar-refractivity contribution is 14.1. The van der Waals surface area contributed by atoms with E-state index in [1.54, 1.807) is 11.0 Å². The highest BCUT2D eigenvalue weighted by Crippen LogP contribution is 2.17. The molecule has 0 aliphatic rings. The second kappa shape index (κ2) is 6.00. The van der Waals surface area contributed by atoms with Crippen molar-refractivity contribution in [2.24, 2.45) is 0 Å². The summed E-state index contributed by atoms with van der Waals surface area (Å²) in [5.41, 5.74) is 0.966. The molecular formula is C12H14IN3O2S. The highest BCUT2D eigenvalue weighted by Gasteiger charge is 2.06. The van der Waals surface area contributed by atoms with Gasteiger partial charge in [0.25, 0.3) is 0 Å². The van der Waals surface area contributed by atoms with Gasteiger partial charge in [0, 0.05) is 21.9 Å². The SMILES string of the molecule is CS(=O)(=O)CCCn1cnc(-c2cccc(I)c2)n1. The summed E-state index contributed by atoms with van der Waals surface area (Å²) in [4.78, 5) is 4.24. The Morgan fingerprint density at radius 2 is 2.16 bits per heavy atom. The standard InChI is InChI=1S/C12H14IN3O2S/c1-19(17,18)7-3-6-16-9-14-12(15-16)10-4-2-5-11(13)8-10/h2,4-5,8-9H,3,6-7H2,1H3. The van der Waals surface area contributed by atoms with Gasteiger partial charge in [-0.3, -0.25) is 4.68 Å². The van der Waals surface area contributed by atoms with Gasteiger partial charge >= 0.3 is 0 Å². The largest absolute Gasteiger partial charge is 0.252 e. The van der Waals surface area contributed by atoms with Crippen molar-refractivity contribution in [3.05, 3.63) is 34.2 Å². The number of halogens is 1. The van der Waals surface area contributed by atoms with Gasteiger partial charge in [-0.1, -0.05) is 12.1 Å². The first-order valence-corrected chi connectivity index (χ1v) is 8.91. The van der Waals surface area contributed by atoms with Gasteiger partial charge in [0.05, 0.1) is 5.75 Å². The Labute approximate surface area is 126 Å². The van der Waals surface area contributed by atoms with Gasteiger partial charge < -0.3 is 0 Å². The lowest BCUT2D eigenvalue weighted by atomic mass is 10.2. The van der Waals surface area contributed by atoms with Crippen LogP contribution in [0.4, 0.5) is 0 Å². The van der Waals surface area contributed by atoms with E-state index in [-0.39, 0.29) is 5.75 Å². The van der Waals surface area contributed by atoms with Crippen LogP contribution in [0.3, 0.4) is 0 Å². The number of rotatable bonds is 5. The normalized spacial score (nSPS) is 11.7. The van der Waals surface area contributed by atoms with E-state index in [0.717, 1.165) is 9.13 Å². The third kappa shape index (κ3) is 4.57. The number of sulfone groups is 1. The minimum atomic E-state index is -2.91. The van der Waals surface area contributed by atoms with Gasteiger partial charge in [0.2, 0.25) is 0 Å². The van der Waals surface area contributed by atoms with E-state index in [4.69, 9.17) is 0 Å². The molecule has 2 rings (SSSR count). The predicted octanol–water partition coefficient (Wildman–Crippen LogP) is 1.98. The van der Waals surface area contributed by atoms with Crippen LogP contribution >= 0.6 is 22.6 Å². The molecule has 0 N–H and O–H groups in total. The zero-order valence-electron chi connectivity index (χ0n) is 10.5. The molecule has 0 aliphatic carbocycles. The van der Waals surface area contributed by atoms with Crippen LogP contribution in [0.1, 0.15) is 6.42 Å². The number of hydrogen-bond donors (Lipinski definition) is 0. The zero-order valence-corrected chi connectivity index (χ0v) is 13.4. The molecule has 5 nitrogen and oxygen atoms in total. The Kier molecular flexibility index (Phi) is 4.56. The van der Waals surface area contributed by atoms with Crippen LogP contribution in [0, 0.1) is 3.57 Å². The average Bonchev–Trinajstić information content (AvgIpc) is 2.76. The smallest absolute Gasteiger partial charge is 0.181 e. The van der Waals surface area contributed by atoms with Crippen molar-refractivity contribution >= 4 is 32.4 Å². The molecule has 19 heavy (non-hydrogen) atoms. The van der Waals surface area contributed by atoms with Crippen LogP contribution < -0.4 is 0 Å². The first-order chi connectivity index (χ1) is 8.94. The van der Waals surface area contributed by atoms with Crippen LogP contribution in [0.15, 0.2) is 30.6 Å². The van der Waals surface area contributed by atoms with E-state index in [0.29, 0.717) is 18.8 Å². The maximum Gasteiger partial charge on any atom is 0.181 e. The zero-order chi connectivity index (χ0) is 13.9. The van der Waals surface area contributed by atoms with Gasteiger partial charge in [-0.25, -0.2) is 13.4 Å². The Balaban J connectivity index is 2.03. The van der Waals surface area contributed by atoms with Gasteiger partial charge in [-0.15, -0.1) is 0 Å². The van der Waals surface area contributed by atoms with Crippen LogP contribution in [-0.4, -0.2) is 35.2 Å². The van der Waals surface area contributed by atoms with Gasteiger partial charge in [-0.05, 0) is 41.1 Å². The molecule has 1 aromatic carbocycles. The molecule has 0 bridgehead atoms. The molecule has 102 valence electrons. The first-order valence-electron chi connectivity index (χ1n) is 5.77. The third-order valence-electron chi connectivity index (χ3n) is 2.52. The molecule has 2 aromatic rings. The van der Waals surface area contributed by atoms with Crippen molar-refractivity contribution in [3.8, 4) is 11.4 Å². The van der Waals surface area contributed by atoms with E-state index in [1.165, 1.54) is 6.26 Å². The number of aromatic nitrogens is 3. The minimum Gasteiger partial charge on any atom is -0.252 e. The molecule has 0 spiro atoms. The molecule has 0 saturated heterocycles. The predicted molar refractivity (Wildman–Crippen MR) is 82.5 cm³/mol.